The number of piperidine rings is 1. The lowest BCUT2D eigenvalue weighted by molar-refractivity contribution is 0.446. The van der Waals surface area contributed by atoms with E-state index >= 15 is 0 Å². The van der Waals surface area contributed by atoms with Gasteiger partial charge in [0.2, 0.25) is 0 Å². The van der Waals surface area contributed by atoms with Gasteiger partial charge in [0.15, 0.2) is 0 Å². The molecule has 1 atom stereocenters. The van der Waals surface area contributed by atoms with Crippen LogP contribution in [0, 0.1) is 11.3 Å². The van der Waals surface area contributed by atoms with Crippen molar-refractivity contribution in [2.45, 2.75) is 19.8 Å². The third-order valence-corrected chi connectivity index (χ3v) is 3.05. The summed E-state index contributed by atoms with van der Waals surface area (Å²) in [6.07, 6.45) is 4.37. The first-order valence-corrected chi connectivity index (χ1v) is 5.72. The SMILES string of the molecule is CC1CCCN(c2ccc(C(=N)N)nc2)C1. The average molecular weight is 218 g/mol. The van der Waals surface area contributed by atoms with Crippen LogP contribution in [0.1, 0.15) is 25.5 Å². The predicted molar refractivity (Wildman–Crippen MR) is 65.9 cm³/mol. The number of amidine groups is 1. The van der Waals surface area contributed by atoms with E-state index in [9.17, 15) is 0 Å². The van der Waals surface area contributed by atoms with Gasteiger partial charge in [-0.05, 0) is 30.9 Å². The first kappa shape index (κ1) is 10.9. The minimum Gasteiger partial charge on any atom is -0.382 e. The number of nitrogens with one attached hydrogen (secondary N) is 1. The molecule has 1 aromatic heterocycles. The fraction of sp³-hybridized carbons (Fsp3) is 0.500. The highest BCUT2D eigenvalue weighted by Crippen LogP contribution is 2.22. The summed E-state index contributed by atoms with van der Waals surface area (Å²) in [6, 6.07) is 3.82. The summed E-state index contributed by atoms with van der Waals surface area (Å²) in [4.78, 5) is 6.54. The molecule has 1 aliphatic heterocycles. The van der Waals surface area contributed by atoms with E-state index in [2.05, 4.69) is 16.8 Å². The molecule has 1 aromatic rings. The van der Waals surface area contributed by atoms with Crippen LogP contribution in [0.4, 0.5) is 5.69 Å². The first-order valence-electron chi connectivity index (χ1n) is 5.72. The summed E-state index contributed by atoms with van der Waals surface area (Å²) in [5, 5.41) is 7.28. The van der Waals surface area contributed by atoms with Gasteiger partial charge in [-0.25, -0.2) is 0 Å². The van der Waals surface area contributed by atoms with E-state index in [1.54, 1.807) is 0 Å². The van der Waals surface area contributed by atoms with Crippen LogP contribution in [0.25, 0.3) is 0 Å². The Hall–Kier alpha value is -1.58. The summed E-state index contributed by atoms with van der Waals surface area (Å²) in [7, 11) is 0. The van der Waals surface area contributed by atoms with Crippen LogP contribution in [0.2, 0.25) is 0 Å². The molecule has 0 aliphatic carbocycles. The van der Waals surface area contributed by atoms with Crippen molar-refractivity contribution in [2.75, 3.05) is 18.0 Å². The smallest absolute Gasteiger partial charge is 0.141 e. The van der Waals surface area contributed by atoms with Crippen molar-refractivity contribution in [3.05, 3.63) is 24.0 Å². The van der Waals surface area contributed by atoms with Crippen LogP contribution in [0.5, 0.6) is 0 Å². The van der Waals surface area contributed by atoms with E-state index in [-0.39, 0.29) is 5.84 Å². The van der Waals surface area contributed by atoms with Crippen molar-refractivity contribution in [3.8, 4) is 0 Å². The van der Waals surface area contributed by atoms with Crippen molar-refractivity contribution in [3.63, 3.8) is 0 Å². The Labute approximate surface area is 96.0 Å². The van der Waals surface area contributed by atoms with Gasteiger partial charge in [-0.1, -0.05) is 6.92 Å². The van der Waals surface area contributed by atoms with Gasteiger partial charge in [-0.3, -0.25) is 10.4 Å². The van der Waals surface area contributed by atoms with Crippen LogP contribution in [-0.4, -0.2) is 23.9 Å². The van der Waals surface area contributed by atoms with Crippen LogP contribution in [0.3, 0.4) is 0 Å². The van der Waals surface area contributed by atoms with E-state index in [1.165, 1.54) is 12.8 Å². The second kappa shape index (κ2) is 4.51. The molecule has 1 unspecified atom stereocenters. The highest BCUT2D eigenvalue weighted by molar-refractivity contribution is 5.93. The normalized spacial score (nSPS) is 20.8. The fourth-order valence-corrected chi connectivity index (χ4v) is 2.16. The van der Waals surface area contributed by atoms with Crippen molar-refractivity contribution < 1.29 is 0 Å². The number of anilines is 1. The van der Waals surface area contributed by atoms with Gasteiger partial charge >= 0.3 is 0 Å². The number of nitrogens with two attached hydrogens (primary N) is 1. The third kappa shape index (κ3) is 2.32. The van der Waals surface area contributed by atoms with Crippen LogP contribution >= 0.6 is 0 Å². The van der Waals surface area contributed by atoms with Crippen LogP contribution in [-0.2, 0) is 0 Å². The highest BCUT2D eigenvalue weighted by atomic mass is 15.1. The average Bonchev–Trinajstić information content (AvgIpc) is 2.29. The molecule has 1 saturated heterocycles. The molecule has 1 aliphatic rings. The summed E-state index contributed by atoms with van der Waals surface area (Å²) >= 11 is 0. The molecule has 4 nitrogen and oxygen atoms in total. The van der Waals surface area contributed by atoms with Crippen molar-refractivity contribution in [2.24, 2.45) is 11.7 Å². The molecule has 86 valence electrons. The molecular weight excluding hydrogens is 200 g/mol. The number of aromatic nitrogens is 1. The van der Waals surface area contributed by atoms with Gasteiger partial charge in [0, 0.05) is 13.1 Å². The Balaban J connectivity index is 2.11. The molecule has 4 heteroatoms. The van der Waals surface area contributed by atoms with E-state index < -0.39 is 0 Å². The lowest BCUT2D eigenvalue weighted by Crippen LogP contribution is -2.34. The van der Waals surface area contributed by atoms with Crippen LogP contribution in [0.15, 0.2) is 18.3 Å². The maximum absolute atomic E-state index is 7.28. The van der Waals surface area contributed by atoms with E-state index in [4.69, 9.17) is 11.1 Å². The lowest BCUT2D eigenvalue weighted by Gasteiger charge is -2.32. The van der Waals surface area contributed by atoms with E-state index in [1.807, 2.05) is 18.3 Å². The molecule has 0 saturated carbocycles. The molecular formula is C12H18N4. The van der Waals surface area contributed by atoms with Crippen molar-refractivity contribution in [1.29, 1.82) is 5.41 Å². The Morgan fingerprint density at radius 2 is 2.38 bits per heavy atom. The number of pyridine rings is 1. The molecule has 0 amide bonds. The Morgan fingerprint density at radius 3 is 2.94 bits per heavy atom. The summed E-state index contributed by atoms with van der Waals surface area (Å²) in [5.74, 6) is 0.778. The number of nitrogens with zero attached hydrogens (tertiary/aromatic N) is 2. The van der Waals surface area contributed by atoms with Crippen LogP contribution < -0.4 is 10.6 Å². The number of nitrogen functional groups attached to an aromatic ring is 1. The standard InChI is InChI=1S/C12H18N4/c1-9-3-2-6-16(8-9)10-4-5-11(12(13)14)15-7-10/h4-5,7,9H,2-3,6,8H2,1H3,(H3,13,14). The zero-order chi connectivity index (χ0) is 11.5. The fourth-order valence-electron chi connectivity index (χ4n) is 2.16. The molecule has 2 rings (SSSR count). The minimum atomic E-state index is 0.0264. The lowest BCUT2D eigenvalue weighted by atomic mass is 10.00. The Kier molecular flexibility index (Phi) is 3.08. The zero-order valence-corrected chi connectivity index (χ0v) is 9.61. The van der Waals surface area contributed by atoms with E-state index in [0.717, 1.165) is 24.7 Å². The summed E-state index contributed by atoms with van der Waals surface area (Å²) in [6.45, 7) is 4.48. The maximum atomic E-state index is 7.28. The number of hydrogen-bond acceptors (Lipinski definition) is 3. The second-order valence-electron chi connectivity index (χ2n) is 4.51. The number of rotatable bonds is 2. The maximum Gasteiger partial charge on any atom is 0.141 e. The van der Waals surface area contributed by atoms with Gasteiger partial charge < -0.3 is 10.6 Å². The van der Waals surface area contributed by atoms with Crippen molar-refractivity contribution in [1.82, 2.24) is 4.98 Å². The minimum absolute atomic E-state index is 0.0264. The van der Waals surface area contributed by atoms with Gasteiger partial charge in [0.1, 0.15) is 11.5 Å². The van der Waals surface area contributed by atoms with Gasteiger partial charge in [-0.2, -0.15) is 0 Å². The molecule has 0 radical (unpaired) electrons. The monoisotopic (exact) mass is 218 g/mol. The molecule has 0 spiro atoms. The predicted octanol–water partition coefficient (Wildman–Crippen LogP) is 1.60. The van der Waals surface area contributed by atoms with Crippen molar-refractivity contribution >= 4 is 11.5 Å². The largest absolute Gasteiger partial charge is 0.382 e. The van der Waals surface area contributed by atoms with E-state index in [0.29, 0.717) is 5.69 Å². The van der Waals surface area contributed by atoms with Gasteiger partial charge in [0.25, 0.3) is 0 Å². The second-order valence-corrected chi connectivity index (χ2v) is 4.51. The molecule has 3 N–H and O–H groups in total. The topological polar surface area (TPSA) is 66.0 Å². The molecule has 0 bridgehead atoms. The molecule has 16 heavy (non-hydrogen) atoms. The quantitative estimate of drug-likeness (QED) is 0.585. The molecule has 2 heterocycles. The molecule has 1 fully saturated rings. The summed E-state index contributed by atoms with van der Waals surface area (Å²) in [5.41, 5.74) is 7.06. The zero-order valence-electron chi connectivity index (χ0n) is 9.61. The summed E-state index contributed by atoms with van der Waals surface area (Å²) < 4.78 is 0. The highest BCUT2D eigenvalue weighted by Gasteiger charge is 2.16. The van der Waals surface area contributed by atoms with Gasteiger partial charge in [-0.15, -0.1) is 0 Å². The molecule has 0 aromatic carbocycles. The number of hydrogen-bond donors (Lipinski definition) is 2. The first-order chi connectivity index (χ1) is 7.66. The Morgan fingerprint density at radius 1 is 1.56 bits per heavy atom. The van der Waals surface area contributed by atoms with Gasteiger partial charge in [0.05, 0.1) is 11.9 Å². The third-order valence-electron chi connectivity index (χ3n) is 3.05. The Bertz CT molecular complexity index is 371.